The third-order valence-corrected chi connectivity index (χ3v) is 7.29. The minimum atomic E-state index is 0. The molecule has 0 spiro atoms. The zero-order chi connectivity index (χ0) is 24.2. The van der Waals surface area contributed by atoms with Crippen LogP contribution < -0.4 is 5.32 Å². The summed E-state index contributed by atoms with van der Waals surface area (Å²) in [4.78, 5) is 18.0. The second-order valence-corrected chi connectivity index (χ2v) is 10.0. The fourth-order valence-electron chi connectivity index (χ4n) is 5.34. The van der Waals surface area contributed by atoms with Crippen LogP contribution >= 0.6 is 37.2 Å². The summed E-state index contributed by atoms with van der Waals surface area (Å²) in [5.41, 5.74) is 5.11. The van der Waals surface area contributed by atoms with E-state index >= 15 is 0 Å². The first-order chi connectivity index (χ1) is 17.0. The fourth-order valence-corrected chi connectivity index (χ4v) is 5.34. The number of phenols is 2. The topological polar surface area (TPSA) is 76.0 Å². The minimum absolute atomic E-state index is 0. The highest BCUT2D eigenvalue weighted by molar-refractivity contribution is 6.14. The fraction of sp³-hybridized carbons (Fsp3) is 0.414. The molecule has 3 aliphatic rings. The number of aromatic hydroxyl groups is 2. The lowest BCUT2D eigenvalue weighted by molar-refractivity contribution is -0.112. The molecule has 3 aliphatic heterocycles. The van der Waals surface area contributed by atoms with Crippen molar-refractivity contribution in [1.82, 2.24) is 15.1 Å². The predicted octanol–water partition coefficient (Wildman–Crippen LogP) is 5.19. The van der Waals surface area contributed by atoms with E-state index in [0.717, 1.165) is 72.7 Å². The summed E-state index contributed by atoms with van der Waals surface area (Å²) in [7, 11) is 0. The van der Waals surface area contributed by atoms with Gasteiger partial charge in [-0.2, -0.15) is 0 Å². The Kier molecular flexibility index (Phi) is 12.6. The number of hydrogen-bond donors (Lipinski definition) is 3. The van der Waals surface area contributed by atoms with Crippen molar-refractivity contribution in [3.63, 3.8) is 0 Å². The van der Waals surface area contributed by atoms with Crippen LogP contribution in [0.5, 0.6) is 11.5 Å². The lowest BCUT2D eigenvalue weighted by Crippen LogP contribution is -2.32. The van der Waals surface area contributed by atoms with Crippen LogP contribution in [0.4, 0.5) is 0 Å². The molecular weight excluding hydrogens is 545 g/mol. The van der Waals surface area contributed by atoms with E-state index in [0.29, 0.717) is 24.6 Å². The van der Waals surface area contributed by atoms with Crippen molar-refractivity contribution in [2.45, 2.75) is 38.8 Å². The second-order valence-electron chi connectivity index (χ2n) is 10.0. The highest BCUT2D eigenvalue weighted by atomic mass is 35.5. The van der Waals surface area contributed by atoms with Crippen molar-refractivity contribution in [3.05, 3.63) is 69.8 Å². The number of phenolic OH excluding ortho intramolecular Hbond substituents is 2. The molecule has 2 aromatic rings. The standard InChI is InChI=1S/C29H35N3O3.3ClH/c33-27-7-5-21(15-25(27)19-31-9-1-2-10-31)13-23-17-30-18-24(29(23)35)14-22-6-8-28(34)26(16-22)20-32-11-3-4-12-32;;;/h5-8,13-16,30,33-34H,1-4,9-12,17-20H2;3*1H/b23-13+,24-14+;;;. The Morgan fingerprint density at radius 2 is 1.08 bits per heavy atom. The van der Waals surface area contributed by atoms with Gasteiger partial charge in [-0.15, -0.1) is 37.2 Å². The number of carbonyl (C=O) groups excluding carboxylic acids is 1. The molecule has 0 aliphatic carbocycles. The van der Waals surface area contributed by atoms with E-state index in [9.17, 15) is 15.0 Å². The van der Waals surface area contributed by atoms with Gasteiger partial charge in [0.15, 0.2) is 5.78 Å². The van der Waals surface area contributed by atoms with Crippen LogP contribution in [0.1, 0.15) is 47.9 Å². The van der Waals surface area contributed by atoms with Gasteiger partial charge in [-0.1, -0.05) is 12.1 Å². The summed E-state index contributed by atoms with van der Waals surface area (Å²) < 4.78 is 0. The van der Waals surface area contributed by atoms with E-state index in [1.807, 2.05) is 36.4 Å². The first kappa shape index (κ1) is 32.2. The zero-order valence-corrected chi connectivity index (χ0v) is 24.0. The summed E-state index contributed by atoms with van der Waals surface area (Å²) in [5.74, 6) is 0.668. The lowest BCUT2D eigenvalue weighted by Gasteiger charge is -2.19. The van der Waals surface area contributed by atoms with Crippen molar-refractivity contribution in [1.29, 1.82) is 0 Å². The SMILES string of the molecule is Cl.Cl.Cl.O=C1/C(=C/c2ccc(O)c(CN3CCCC3)c2)CNC/C1=C\c1ccc(O)c(CN2CCCC2)c1. The molecular formula is C29H38Cl3N3O3. The van der Waals surface area contributed by atoms with Crippen molar-refractivity contribution in [2.24, 2.45) is 0 Å². The van der Waals surface area contributed by atoms with E-state index in [1.54, 1.807) is 12.1 Å². The number of piperidine rings is 1. The molecule has 0 bridgehead atoms. The van der Waals surface area contributed by atoms with Gasteiger partial charge in [0.1, 0.15) is 11.5 Å². The third kappa shape index (κ3) is 7.98. The molecule has 0 amide bonds. The number of ketones is 1. The van der Waals surface area contributed by atoms with Gasteiger partial charge in [0.05, 0.1) is 0 Å². The molecule has 3 heterocycles. The maximum Gasteiger partial charge on any atom is 0.187 e. The van der Waals surface area contributed by atoms with Gasteiger partial charge in [-0.3, -0.25) is 14.6 Å². The van der Waals surface area contributed by atoms with Crippen molar-refractivity contribution >= 4 is 55.2 Å². The smallest absolute Gasteiger partial charge is 0.187 e. The van der Waals surface area contributed by atoms with E-state index in [2.05, 4.69) is 15.1 Å². The number of carbonyl (C=O) groups is 1. The van der Waals surface area contributed by atoms with Crippen molar-refractivity contribution in [2.75, 3.05) is 39.3 Å². The molecule has 3 saturated heterocycles. The van der Waals surface area contributed by atoms with Crippen LogP contribution in [-0.4, -0.2) is 65.1 Å². The molecule has 6 nitrogen and oxygen atoms in total. The Bertz CT molecular complexity index is 1070. The molecule has 0 aromatic heterocycles. The molecule has 5 rings (SSSR count). The second kappa shape index (κ2) is 14.9. The molecule has 3 fully saturated rings. The number of likely N-dealkylation sites (tertiary alicyclic amines) is 2. The average molecular weight is 583 g/mol. The number of halogens is 3. The molecule has 3 N–H and O–H groups in total. The van der Waals surface area contributed by atoms with Crippen LogP contribution in [0.25, 0.3) is 12.2 Å². The van der Waals surface area contributed by atoms with Crippen LogP contribution in [-0.2, 0) is 17.9 Å². The number of nitrogens with zero attached hydrogens (tertiary/aromatic N) is 2. The minimum Gasteiger partial charge on any atom is -0.508 e. The lowest BCUT2D eigenvalue weighted by atomic mass is 9.95. The molecule has 2 aromatic carbocycles. The summed E-state index contributed by atoms with van der Waals surface area (Å²) in [6.07, 6.45) is 8.71. The molecule has 208 valence electrons. The van der Waals surface area contributed by atoms with E-state index in [-0.39, 0.29) is 43.0 Å². The molecule has 0 atom stereocenters. The first-order valence-corrected chi connectivity index (χ1v) is 12.8. The van der Waals surface area contributed by atoms with Gasteiger partial charge < -0.3 is 15.5 Å². The number of benzene rings is 2. The Balaban J connectivity index is 0.00000169. The quantitative estimate of drug-likeness (QED) is 0.407. The Hall–Kier alpha value is -2.06. The summed E-state index contributed by atoms with van der Waals surface area (Å²) >= 11 is 0. The number of rotatable bonds is 6. The monoisotopic (exact) mass is 581 g/mol. The summed E-state index contributed by atoms with van der Waals surface area (Å²) in [6, 6.07) is 11.2. The highest BCUT2D eigenvalue weighted by Crippen LogP contribution is 2.26. The van der Waals surface area contributed by atoms with Gasteiger partial charge in [-0.25, -0.2) is 0 Å². The van der Waals surface area contributed by atoms with E-state index in [1.165, 1.54) is 25.7 Å². The molecule has 38 heavy (non-hydrogen) atoms. The Labute approximate surface area is 244 Å². The number of Topliss-reactive ketones (excluding diaryl/α,β-unsaturated/α-hetero) is 1. The zero-order valence-electron chi connectivity index (χ0n) is 21.5. The van der Waals surface area contributed by atoms with E-state index in [4.69, 9.17) is 0 Å². The molecule has 9 heteroatoms. The van der Waals surface area contributed by atoms with Crippen molar-refractivity contribution < 1.29 is 15.0 Å². The Morgan fingerprint density at radius 1 is 0.684 bits per heavy atom. The Morgan fingerprint density at radius 3 is 1.47 bits per heavy atom. The van der Waals surface area contributed by atoms with E-state index < -0.39 is 0 Å². The van der Waals surface area contributed by atoms with Crippen LogP contribution in [0.15, 0.2) is 47.5 Å². The van der Waals surface area contributed by atoms with Crippen molar-refractivity contribution in [3.8, 4) is 11.5 Å². The third-order valence-electron chi connectivity index (χ3n) is 7.29. The van der Waals surface area contributed by atoms with Gasteiger partial charge in [0, 0.05) is 48.5 Å². The van der Waals surface area contributed by atoms with Gasteiger partial charge >= 0.3 is 0 Å². The molecule has 0 saturated carbocycles. The number of hydrogen-bond acceptors (Lipinski definition) is 6. The average Bonchev–Trinajstić information content (AvgIpc) is 3.55. The van der Waals surface area contributed by atoms with Gasteiger partial charge in [-0.05, 0) is 99.4 Å². The first-order valence-electron chi connectivity index (χ1n) is 12.8. The van der Waals surface area contributed by atoms with Gasteiger partial charge in [0.25, 0.3) is 0 Å². The van der Waals surface area contributed by atoms with Crippen LogP contribution in [0, 0.1) is 0 Å². The van der Waals surface area contributed by atoms with Crippen LogP contribution in [0.3, 0.4) is 0 Å². The maximum absolute atomic E-state index is 13.3. The number of nitrogens with one attached hydrogen (secondary N) is 1. The molecule has 0 radical (unpaired) electrons. The maximum atomic E-state index is 13.3. The normalized spacial score (nSPS) is 20.3. The van der Waals surface area contributed by atoms with Crippen LogP contribution in [0.2, 0.25) is 0 Å². The highest BCUT2D eigenvalue weighted by Gasteiger charge is 2.21. The van der Waals surface area contributed by atoms with Gasteiger partial charge in [0.2, 0.25) is 0 Å². The summed E-state index contributed by atoms with van der Waals surface area (Å²) in [6.45, 7) is 6.79. The summed E-state index contributed by atoms with van der Waals surface area (Å²) in [5, 5.41) is 24.0. The molecule has 0 unspecified atom stereocenters. The largest absolute Gasteiger partial charge is 0.508 e. The predicted molar refractivity (Wildman–Crippen MR) is 161 cm³/mol.